The summed E-state index contributed by atoms with van der Waals surface area (Å²) in [6.45, 7) is 2.03. The number of carbonyl (C=O) groups is 1. The average molecular weight is 341 g/mol. The number of nitrogens with zero attached hydrogens (tertiary/aromatic N) is 2. The van der Waals surface area contributed by atoms with Gasteiger partial charge >= 0.3 is 0 Å². The molecule has 1 aliphatic heterocycles. The van der Waals surface area contributed by atoms with E-state index in [4.69, 9.17) is 0 Å². The molecule has 1 aliphatic rings. The molecule has 24 heavy (non-hydrogen) atoms. The number of halogens is 1. The third-order valence-electron chi connectivity index (χ3n) is 3.69. The first-order valence-corrected chi connectivity index (χ1v) is 8.39. The maximum atomic E-state index is 13.5. The number of rotatable bonds is 4. The van der Waals surface area contributed by atoms with Crippen molar-refractivity contribution >= 4 is 29.1 Å². The fourth-order valence-electron chi connectivity index (χ4n) is 2.35. The largest absolute Gasteiger partial charge is 0.303 e. The van der Waals surface area contributed by atoms with Crippen molar-refractivity contribution in [2.45, 2.75) is 18.6 Å². The molecule has 0 spiro atoms. The van der Waals surface area contributed by atoms with Crippen LogP contribution >= 0.6 is 11.8 Å². The lowest BCUT2D eigenvalue weighted by molar-refractivity contribution is -0.118. The van der Waals surface area contributed by atoms with Crippen LogP contribution in [0.1, 0.15) is 16.7 Å². The predicted molar refractivity (Wildman–Crippen MR) is 95.8 cm³/mol. The lowest BCUT2D eigenvalue weighted by atomic mass is 10.0. The van der Waals surface area contributed by atoms with E-state index in [2.05, 4.69) is 15.5 Å². The Morgan fingerprint density at radius 3 is 2.75 bits per heavy atom. The van der Waals surface area contributed by atoms with Crippen molar-refractivity contribution in [3.63, 3.8) is 0 Å². The van der Waals surface area contributed by atoms with Gasteiger partial charge in [-0.1, -0.05) is 54.2 Å². The van der Waals surface area contributed by atoms with E-state index in [1.807, 2.05) is 31.2 Å². The Morgan fingerprint density at radius 1 is 1.21 bits per heavy atom. The van der Waals surface area contributed by atoms with Gasteiger partial charge in [0.2, 0.25) is 5.91 Å². The maximum Gasteiger partial charge on any atom is 0.239 e. The highest BCUT2D eigenvalue weighted by atomic mass is 32.2. The Hall–Kier alpha value is -2.47. The molecule has 0 aliphatic carbocycles. The summed E-state index contributed by atoms with van der Waals surface area (Å²) < 4.78 is 13.5. The van der Waals surface area contributed by atoms with Crippen molar-refractivity contribution in [2.75, 3.05) is 0 Å². The molecule has 0 unspecified atom stereocenters. The lowest BCUT2D eigenvalue weighted by Crippen LogP contribution is -2.26. The van der Waals surface area contributed by atoms with Crippen molar-refractivity contribution in [1.29, 1.82) is 0 Å². The zero-order valence-corrected chi connectivity index (χ0v) is 13.9. The first-order valence-electron chi connectivity index (χ1n) is 7.51. The SMILES string of the molecule is Cc1ccccc1C[C@H]1S/C(=N/N=Cc2ccccc2F)NC1=O. The van der Waals surface area contributed by atoms with Gasteiger partial charge in [0, 0.05) is 5.56 Å². The van der Waals surface area contributed by atoms with Gasteiger partial charge in [0.25, 0.3) is 0 Å². The van der Waals surface area contributed by atoms with Crippen molar-refractivity contribution in [3.8, 4) is 0 Å². The summed E-state index contributed by atoms with van der Waals surface area (Å²) in [7, 11) is 0. The summed E-state index contributed by atoms with van der Waals surface area (Å²) >= 11 is 1.34. The summed E-state index contributed by atoms with van der Waals surface area (Å²) in [6, 6.07) is 14.3. The number of carbonyl (C=O) groups excluding carboxylic acids is 1. The minimum atomic E-state index is -0.359. The molecule has 122 valence electrons. The molecule has 1 N–H and O–H groups in total. The van der Waals surface area contributed by atoms with Gasteiger partial charge in [-0.15, -0.1) is 5.10 Å². The highest BCUT2D eigenvalue weighted by Crippen LogP contribution is 2.24. The molecule has 1 atom stereocenters. The Labute approximate surface area is 143 Å². The van der Waals surface area contributed by atoms with Crippen molar-refractivity contribution in [3.05, 3.63) is 71.0 Å². The van der Waals surface area contributed by atoms with E-state index in [0.29, 0.717) is 17.2 Å². The molecule has 4 nitrogen and oxygen atoms in total. The molecule has 1 saturated heterocycles. The Bertz CT molecular complexity index is 819. The minimum Gasteiger partial charge on any atom is -0.303 e. The number of hydrogen-bond acceptors (Lipinski definition) is 4. The second kappa shape index (κ2) is 7.40. The van der Waals surface area contributed by atoms with Crippen LogP contribution in [-0.2, 0) is 11.2 Å². The molecule has 2 aromatic rings. The van der Waals surface area contributed by atoms with Crippen LogP contribution in [0.4, 0.5) is 4.39 Å². The number of hydrogen-bond donors (Lipinski definition) is 1. The Morgan fingerprint density at radius 2 is 1.96 bits per heavy atom. The molecule has 0 bridgehead atoms. The van der Waals surface area contributed by atoms with E-state index in [1.54, 1.807) is 18.2 Å². The van der Waals surface area contributed by atoms with E-state index >= 15 is 0 Å². The van der Waals surface area contributed by atoms with Crippen molar-refractivity contribution < 1.29 is 9.18 Å². The van der Waals surface area contributed by atoms with Crippen LogP contribution in [0.5, 0.6) is 0 Å². The number of aryl methyl sites for hydroxylation is 1. The highest BCUT2D eigenvalue weighted by molar-refractivity contribution is 8.15. The predicted octanol–water partition coefficient (Wildman–Crippen LogP) is 3.30. The van der Waals surface area contributed by atoms with Crippen LogP contribution in [0.2, 0.25) is 0 Å². The van der Waals surface area contributed by atoms with E-state index in [9.17, 15) is 9.18 Å². The summed E-state index contributed by atoms with van der Waals surface area (Å²) in [4.78, 5) is 12.1. The van der Waals surface area contributed by atoms with Gasteiger partial charge in [0.1, 0.15) is 5.82 Å². The van der Waals surface area contributed by atoms with Gasteiger partial charge in [-0.3, -0.25) is 4.79 Å². The number of thioether (sulfide) groups is 1. The van der Waals surface area contributed by atoms with Crippen LogP contribution in [-0.4, -0.2) is 22.5 Å². The van der Waals surface area contributed by atoms with Gasteiger partial charge in [-0.25, -0.2) is 4.39 Å². The summed E-state index contributed by atoms with van der Waals surface area (Å²) in [5.74, 6) is -0.440. The van der Waals surface area contributed by atoms with Gasteiger partial charge < -0.3 is 5.32 Å². The molecule has 0 radical (unpaired) electrons. The third-order valence-corrected chi connectivity index (χ3v) is 4.77. The summed E-state index contributed by atoms with van der Waals surface area (Å²) in [5.41, 5.74) is 2.66. The number of nitrogens with one attached hydrogen (secondary N) is 1. The molecule has 3 rings (SSSR count). The third kappa shape index (κ3) is 3.89. The first kappa shape index (κ1) is 16.4. The Kier molecular flexibility index (Phi) is 5.05. The monoisotopic (exact) mass is 341 g/mol. The molecular formula is C18H16FN3OS. The lowest BCUT2D eigenvalue weighted by Gasteiger charge is -2.07. The van der Waals surface area contributed by atoms with Crippen molar-refractivity contribution in [1.82, 2.24) is 5.32 Å². The van der Waals surface area contributed by atoms with Gasteiger partial charge in [-0.2, -0.15) is 5.10 Å². The summed E-state index contributed by atoms with van der Waals surface area (Å²) in [6.07, 6.45) is 1.98. The van der Waals surface area contributed by atoms with E-state index in [1.165, 1.54) is 24.0 Å². The molecule has 1 fully saturated rings. The zero-order valence-electron chi connectivity index (χ0n) is 13.1. The fraction of sp³-hybridized carbons (Fsp3) is 0.167. The standard InChI is InChI=1S/C18H16FN3OS/c1-12-6-2-3-7-13(12)10-16-17(23)21-18(24-16)22-20-11-14-8-4-5-9-15(14)19/h2-9,11,16H,10H2,1H3,(H,21,22,23)/t16-/m1/s1. The molecular weight excluding hydrogens is 325 g/mol. The number of amides is 1. The molecule has 0 saturated carbocycles. The second-order valence-corrected chi connectivity index (χ2v) is 6.59. The van der Waals surface area contributed by atoms with Gasteiger partial charge in [0.05, 0.1) is 11.5 Å². The van der Waals surface area contributed by atoms with Crippen LogP contribution < -0.4 is 5.32 Å². The average Bonchev–Trinajstić information content (AvgIpc) is 2.91. The van der Waals surface area contributed by atoms with Crippen LogP contribution in [0.25, 0.3) is 0 Å². The molecule has 6 heteroatoms. The number of amidine groups is 1. The molecule has 1 heterocycles. The summed E-state index contributed by atoms with van der Waals surface area (Å²) in [5, 5.41) is 10.8. The van der Waals surface area contributed by atoms with Gasteiger partial charge in [-0.05, 0) is 30.5 Å². The van der Waals surface area contributed by atoms with E-state index < -0.39 is 0 Å². The maximum absolute atomic E-state index is 13.5. The minimum absolute atomic E-state index is 0.0805. The second-order valence-electron chi connectivity index (χ2n) is 5.40. The van der Waals surface area contributed by atoms with Crippen LogP contribution in [0.3, 0.4) is 0 Å². The smallest absolute Gasteiger partial charge is 0.239 e. The Balaban J connectivity index is 1.66. The molecule has 0 aromatic heterocycles. The van der Waals surface area contributed by atoms with Crippen molar-refractivity contribution in [2.24, 2.45) is 10.2 Å². The molecule has 2 aromatic carbocycles. The number of benzene rings is 2. The van der Waals surface area contributed by atoms with Gasteiger partial charge in [0.15, 0.2) is 5.17 Å². The molecule has 1 amide bonds. The normalized spacial score (nSPS) is 19.2. The quantitative estimate of drug-likeness (QED) is 0.685. The van der Waals surface area contributed by atoms with Crippen LogP contribution in [0.15, 0.2) is 58.7 Å². The van der Waals surface area contributed by atoms with Crippen LogP contribution in [0, 0.1) is 12.7 Å². The highest BCUT2D eigenvalue weighted by Gasteiger charge is 2.30. The van der Waals surface area contributed by atoms with E-state index in [0.717, 1.165) is 11.1 Å². The van der Waals surface area contributed by atoms with E-state index in [-0.39, 0.29) is 17.0 Å². The zero-order chi connectivity index (χ0) is 16.9. The topological polar surface area (TPSA) is 53.8 Å². The first-order chi connectivity index (χ1) is 11.6. The fourth-order valence-corrected chi connectivity index (χ4v) is 3.30.